The van der Waals surface area contributed by atoms with E-state index in [1.54, 1.807) is 12.1 Å². The van der Waals surface area contributed by atoms with Crippen LogP contribution in [0.4, 0.5) is 4.39 Å². The first kappa shape index (κ1) is 13.7. The number of furan rings is 1. The first-order chi connectivity index (χ1) is 11.6. The molecule has 1 fully saturated rings. The van der Waals surface area contributed by atoms with Crippen LogP contribution in [0.25, 0.3) is 32.2 Å². The lowest BCUT2D eigenvalue weighted by Crippen LogP contribution is -2.15. The number of H-pyrrole nitrogens is 1. The van der Waals surface area contributed by atoms with Gasteiger partial charge in [-0.2, -0.15) is 0 Å². The summed E-state index contributed by atoms with van der Waals surface area (Å²) < 4.78 is 24.2. The summed E-state index contributed by atoms with van der Waals surface area (Å²) in [5.41, 5.74) is 0.828. The zero-order valence-corrected chi connectivity index (χ0v) is 13.2. The molecule has 1 aromatic carbocycles. The average molecular weight is 342 g/mol. The van der Waals surface area contributed by atoms with Crippen LogP contribution in [-0.2, 0) is 0 Å². The molecule has 0 bridgehead atoms. The van der Waals surface area contributed by atoms with E-state index in [2.05, 4.69) is 4.37 Å². The summed E-state index contributed by atoms with van der Waals surface area (Å²) in [5.74, 6) is -0.505. The molecule has 1 saturated carbocycles. The van der Waals surface area contributed by atoms with E-state index in [1.165, 1.54) is 18.6 Å². The fourth-order valence-electron chi connectivity index (χ4n) is 3.19. The van der Waals surface area contributed by atoms with Crippen LogP contribution in [0.15, 0.2) is 44.7 Å². The Kier molecular flexibility index (Phi) is 2.67. The Morgan fingerprint density at radius 1 is 1.29 bits per heavy atom. The molecule has 1 N–H and O–H groups in total. The molecule has 0 aliphatic heterocycles. The van der Waals surface area contributed by atoms with Crippen molar-refractivity contribution in [3.63, 3.8) is 0 Å². The number of hydrogen-bond donors (Lipinski definition) is 1. The molecule has 120 valence electrons. The highest BCUT2D eigenvalue weighted by atomic mass is 32.1. The number of aromatic amines is 1. The molecule has 0 radical (unpaired) electrons. The van der Waals surface area contributed by atoms with Gasteiger partial charge in [0.2, 0.25) is 5.43 Å². The molecule has 4 aromatic rings. The van der Waals surface area contributed by atoms with E-state index in [4.69, 9.17) is 4.42 Å². The first-order valence-corrected chi connectivity index (χ1v) is 8.38. The van der Waals surface area contributed by atoms with Crippen LogP contribution in [0.5, 0.6) is 0 Å². The molecular formula is C17H11FN2O3S. The van der Waals surface area contributed by atoms with Crippen molar-refractivity contribution in [3.05, 3.63) is 57.1 Å². The van der Waals surface area contributed by atoms with Crippen molar-refractivity contribution >= 4 is 32.7 Å². The third-order valence-electron chi connectivity index (χ3n) is 4.46. The van der Waals surface area contributed by atoms with Crippen molar-refractivity contribution < 1.29 is 8.81 Å². The number of nitrogens with one attached hydrogen (secondary N) is 1. The predicted octanol–water partition coefficient (Wildman–Crippen LogP) is 3.64. The number of fused-ring (bicyclic) bond motifs is 2. The van der Waals surface area contributed by atoms with Gasteiger partial charge in [0.05, 0.1) is 18.0 Å². The average Bonchev–Trinajstić information content (AvgIpc) is 3.10. The van der Waals surface area contributed by atoms with Crippen LogP contribution in [0.1, 0.15) is 18.9 Å². The lowest BCUT2D eigenvalue weighted by atomic mass is 10.0. The number of nitrogens with zero attached hydrogens (tertiary/aromatic N) is 1. The van der Waals surface area contributed by atoms with Crippen LogP contribution in [-0.4, -0.2) is 8.94 Å². The molecule has 5 nitrogen and oxygen atoms in total. The fourth-order valence-corrected chi connectivity index (χ4v) is 4.11. The van der Waals surface area contributed by atoms with Crippen LogP contribution < -0.4 is 11.0 Å². The number of aromatic nitrogens is 2. The molecule has 1 aliphatic rings. The minimum absolute atomic E-state index is 0.120. The lowest BCUT2D eigenvalue weighted by Gasteiger charge is -2.13. The van der Waals surface area contributed by atoms with Gasteiger partial charge in [0, 0.05) is 22.6 Å². The maximum atomic E-state index is 14.6. The Bertz CT molecular complexity index is 1210. The Morgan fingerprint density at radius 2 is 2.12 bits per heavy atom. The van der Waals surface area contributed by atoms with Gasteiger partial charge in [0.25, 0.3) is 5.56 Å². The number of benzene rings is 1. The van der Waals surface area contributed by atoms with Crippen LogP contribution >= 0.6 is 11.5 Å². The van der Waals surface area contributed by atoms with E-state index in [1.807, 2.05) is 4.57 Å². The van der Waals surface area contributed by atoms with Crippen molar-refractivity contribution in [2.75, 3.05) is 0 Å². The van der Waals surface area contributed by atoms with E-state index in [-0.39, 0.29) is 16.8 Å². The van der Waals surface area contributed by atoms with E-state index in [0.29, 0.717) is 21.5 Å². The summed E-state index contributed by atoms with van der Waals surface area (Å²) in [6.07, 6.45) is 4.92. The van der Waals surface area contributed by atoms with Gasteiger partial charge >= 0.3 is 0 Å². The van der Waals surface area contributed by atoms with Crippen molar-refractivity contribution in [1.29, 1.82) is 0 Å². The van der Waals surface area contributed by atoms with Crippen LogP contribution in [0.3, 0.4) is 0 Å². The molecule has 24 heavy (non-hydrogen) atoms. The molecule has 7 heteroatoms. The van der Waals surface area contributed by atoms with Gasteiger partial charge in [-0.1, -0.05) is 0 Å². The topological polar surface area (TPSA) is 68.0 Å². The third-order valence-corrected chi connectivity index (χ3v) is 5.34. The quantitative estimate of drug-likeness (QED) is 0.605. The normalized spacial score (nSPS) is 14.7. The van der Waals surface area contributed by atoms with Crippen molar-refractivity contribution in [2.45, 2.75) is 18.9 Å². The van der Waals surface area contributed by atoms with Crippen molar-refractivity contribution in [1.82, 2.24) is 8.94 Å². The van der Waals surface area contributed by atoms with Crippen LogP contribution in [0, 0.1) is 5.82 Å². The molecular weight excluding hydrogens is 331 g/mol. The van der Waals surface area contributed by atoms with E-state index >= 15 is 0 Å². The standard InChI is InChI=1S/C17H11FN2O3S/c18-12-5-11-13(6-10(12)8-3-4-23-7-8)20(9-1-2-9)17-14(15(11)21)16(22)19-24-17/h3-7,9H,1-2H2,(H,19,22). The van der Waals surface area contributed by atoms with Gasteiger partial charge < -0.3 is 8.98 Å². The van der Waals surface area contributed by atoms with Gasteiger partial charge in [0.1, 0.15) is 16.0 Å². The monoisotopic (exact) mass is 342 g/mol. The molecule has 3 heterocycles. The lowest BCUT2D eigenvalue weighted by molar-refractivity contribution is 0.567. The SMILES string of the molecule is O=c1[nH]sc2c1c(=O)c1cc(F)c(-c3ccoc3)cc1n2C1CC1. The second-order valence-electron chi connectivity index (χ2n) is 6.00. The molecule has 0 spiro atoms. The molecule has 1 aliphatic carbocycles. The molecule has 5 rings (SSSR count). The number of halogens is 1. The Labute approximate surface area is 138 Å². The molecule has 0 unspecified atom stereocenters. The third kappa shape index (κ3) is 1.78. The summed E-state index contributed by atoms with van der Waals surface area (Å²) in [4.78, 5) is 25.3. The minimum atomic E-state index is -0.505. The fraction of sp³-hybridized carbons (Fsp3) is 0.176. The zero-order chi connectivity index (χ0) is 16.4. The molecule has 3 aromatic heterocycles. The second kappa shape index (κ2) is 4.67. The van der Waals surface area contributed by atoms with E-state index in [0.717, 1.165) is 24.4 Å². The molecule has 0 saturated heterocycles. The summed E-state index contributed by atoms with van der Waals surface area (Å²) in [7, 11) is 0. The highest BCUT2D eigenvalue weighted by Crippen LogP contribution is 2.40. The van der Waals surface area contributed by atoms with E-state index < -0.39 is 16.8 Å². The highest BCUT2D eigenvalue weighted by Gasteiger charge is 2.29. The number of rotatable bonds is 2. The predicted molar refractivity (Wildman–Crippen MR) is 90.1 cm³/mol. The molecule has 0 amide bonds. The minimum Gasteiger partial charge on any atom is -0.472 e. The van der Waals surface area contributed by atoms with Gasteiger partial charge in [-0.3, -0.25) is 14.0 Å². The Morgan fingerprint density at radius 3 is 2.83 bits per heavy atom. The zero-order valence-electron chi connectivity index (χ0n) is 12.3. The summed E-state index contributed by atoms with van der Waals surface area (Å²) in [6, 6.07) is 4.83. The summed E-state index contributed by atoms with van der Waals surface area (Å²) in [5, 5.41) is 0.359. The smallest absolute Gasteiger partial charge is 0.271 e. The maximum absolute atomic E-state index is 14.6. The Hall–Kier alpha value is -2.67. The second-order valence-corrected chi connectivity index (χ2v) is 6.80. The highest BCUT2D eigenvalue weighted by molar-refractivity contribution is 7.12. The van der Waals surface area contributed by atoms with E-state index in [9.17, 15) is 14.0 Å². The largest absolute Gasteiger partial charge is 0.472 e. The van der Waals surface area contributed by atoms with Gasteiger partial charge in [-0.05, 0) is 42.6 Å². The first-order valence-electron chi connectivity index (χ1n) is 7.56. The van der Waals surface area contributed by atoms with Crippen molar-refractivity contribution in [2.24, 2.45) is 0 Å². The summed E-state index contributed by atoms with van der Waals surface area (Å²) >= 11 is 1.16. The maximum Gasteiger partial charge on any atom is 0.271 e. The Balaban J connectivity index is 1.99. The van der Waals surface area contributed by atoms with Crippen LogP contribution in [0.2, 0.25) is 0 Å². The van der Waals surface area contributed by atoms with Gasteiger partial charge in [-0.25, -0.2) is 4.39 Å². The van der Waals surface area contributed by atoms with Crippen molar-refractivity contribution in [3.8, 4) is 11.1 Å². The molecule has 0 atom stereocenters. The summed E-state index contributed by atoms with van der Waals surface area (Å²) in [6.45, 7) is 0. The number of hydrogen-bond acceptors (Lipinski definition) is 4. The van der Waals surface area contributed by atoms with Gasteiger partial charge in [-0.15, -0.1) is 0 Å². The van der Waals surface area contributed by atoms with Gasteiger partial charge in [0.15, 0.2) is 0 Å². The number of pyridine rings is 1.